The zero-order valence-electron chi connectivity index (χ0n) is 10.5. The van der Waals surface area contributed by atoms with Gasteiger partial charge >= 0.3 is 6.09 Å². The number of imide groups is 1. The Balaban J connectivity index is 2.31. The van der Waals surface area contributed by atoms with Crippen LogP contribution < -0.4 is 4.90 Å². The predicted octanol–water partition coefficient (Wildman–Crippen LogP) is 3.27. The lowest BCUT2D eigenvalue weighted by Gasteiger charge is -2.23. The minimum absolute atomic E-state index is 0.230. The third-order valence-electron chi connectivity index (χ3n) is 2.45. The van der Waals surface area contributed by atoms with Crippen molar-refractivity contribution in [2.24, 2.45) is 0 Å². The number of nitrogens with zero attached hydrogens (tertiary/aromatic N) is 1. The van der Waals surface area contributed by atoms with Crippen molar-refractivity contribution >= 4 is 33.6 Å². The second kappa shape index (κ2) is 4.39. The maximum absolute atomic E-state index is 12.0. The molecule has 0 saturated carbocycles. The van der Waals surface area contributed by atoms with Crippen molar-refractivity contribution in [1.82, 2.24) is 0 Å². The molecule has 1 heterocycles. The second-order valence-electron chi connectivity index (χ2n) is 5.16. The zero-order valence-corrected chi connectivity index (χ0v) is 12.1. The molecule has 4 nitrogen and oxygen atoms in total. The molecule has 5 heteroatoms. The lowest BCUT2D eigenvalue weighted by molar-refractivity contribution is -0.117. The largest absolute Gasteiger partial charge is 0.443 e. The van der Waals surface area contributed by atoms with Crippen LogP contribution in [0.2, 0.25) is 0 Å². The quantitative estimate of drug-likeness (QED) is 0.738. The van der Waals surface area contributed by atoms with Gasteiger partial charge in [-0.3, -0.25) is 4.79 Å². The Morgan fingerprint density at radius 3 is 2.67 bits per heavy atom. The summed E-state index contributed by atoms with van der Waals surface area (Å²) in [6.45, 7) is 5.32. The molecule has 0 aromatic heterocycles. The molecule has 18 heavy (non-hydrogen) atoms. The van der Waals surface area contributed by atoms with Gasteiger partial charge in [0, 0.05) is 4.47 Å². The lowest BCUT2D eigenvalue weighted by Crippen LogP contribution is -2.38. The van der Waals surface area contributed by atoms with Gasteiger partial charge in [-0.2, -0.15) is 0 Å². The second-order valence-corrected chi connectivity index (χ2v) is 6.07. The van der Waals surface area contributed by atoms with Gasteiger partial charge in [-0.05, 0) is 44.5 Å². The minimum atomic E-state index is -0.617. The molecule has 0 fully saturated rings. The average Bonchev–Trinajstić information content (AvgIpc) is 2.50. The van der Waals surface area contributed by atoms with Crippen molar-refractivity contribution < 1.29 is 14.3 Å². The van der Waals surface area contributed by atoms with Crippen LogP contribution in [-0.2, 0) is 16.0 Å². The van der Waals surface area contributed by atoms with E-state index in [9.17, 15) is 9.59 Å². The third kappa shape index (κ3) is 2.56. The number of carbonyl (C=O) groups is 2. The summed E-state index contributed by atoms with van der Waals surface area (Å²) in [4.78, 5) is 25.0. The number of benzene rings is 1. The molecule has 96 valence electrons. The van der Waals surface area contributed by atoms with Crippen molar-refractivity contribution in [3.63, 3.8) is 0 Å². The van der Waals surface area contributed by atoms with Crippen LogP contribution in [-0.4, -0.2) is 17.6 Å². The molecule has 2 amide bonds. The van der Waals surface area contributed by atoms with E-state index in [-0.39, 0.29) is 12.3 Å². The molecule has 0 radical (unpaired) electrons. The van der Waals surface area contributed by atoms with Crippen LogP contribution in [0.4, 0.5) is 10.5 Å². The zero-order chi connectivity index (χ0) is 13.5. The summed E-state index contributed by atoms with van der Waals surface area (Å²) in [5.74, 6) is -0.252. The van der Waals surface area contributed by atoms with Crippen LogP contribution in [0.5, 0.6) is 0 Å². The standard InChI is InChI=1S/C13H14BrNO3/c1-13(2,3)18-12(17)15-10-5-4-9(14)6-8(10)7-11(15)16/h4-6H,7H2,1-3H3. The van der Waals surface area contributed by atoms with Crippen molar-refractivity contribution in [2.75, 3.05) is 4.90 Å². The van der Waals surface area contributed by atoms with E-state index in [1.807, 2.05) is 6.07 Å². The summed E-state index contributed by atoms with van der Waals surface area (Å²) in [6, 6.07) is 5.39. The number of hydrogen-bond acceptors (Lipinski definition) is 3. The van der Waals surface area contributed by atoms with E-state index in [0.29, 0.717) is 5.69 Å². The maximum Gasteiger partial charge on any atom is 0.421 e. The van der Waals surface area contributed by atoms with Gasteiger partial charge in [0.1, 0.15) is 5.60 Å². The molecule has 1 aromatic rings. The van der Waals surface area contributed by atoms with E-state index in [4.69, 9.17) is 4.74 Å². The summed E-state index contributed by atoms with van der Waals surface area (Å²) in [5, 5.41) is 0. The molecule has 0 unspecified atom stereocenters. The smallest absolute Gasteiger partial charge is 0.421 e. The molecule has 1 aliphatic rings. The molecule has 1 aliphatic heterocycles. The van der Waals surface area contributed by atoms with Crippen LogP contribution in [0.1, 0.15) is 26.3 Å². The van der Waals surface area contributed by atoms with Crippen molar-refractivity contribution in [3.05, 3.63) is 28.2 Å². The summed E-state index contributed by atoms with van der Waals surface area (Å²) >= 11 is 3.34. The first-order chi connectivity index (χ1) is 8.28. The molecular weight excluding hydrogens is 298 g/mol. The Morgan fingerprint density at radius 2 is 2.06 bits per heavy atom. The topological polar surface area (TPSA) is 46.6 Å². The summed E-state index contributed by atoms with van der Waals surface area (Å²) in [6.07, 6.45) is -0.387. The summed E-state index contributed by atoms with van der Waals surface area (Å²) < 4.78 is 6.12. The van der Waals surface area contributed by atoms with E-state index < -0.39 is 11.7 Å². The van der Waals surface area contributed by atoms with Crippen LogP contribution in [0.25, 0.3) is 0 Å². The fraction of sp³-hybridized carbons (Fsp3) is 0.385. The predicted molar refractivity (Wildman–Crippen MR) is 71.6 cm³/mol. The Hall–Kier alpha value is -1.36. The first kappa shape index (κ1) is 13.1. The highest BCUT2D eigenvalue weighted by Gasteiger charge is 2.35. The van der Waals surface area contributed by atoms with Gasteiger partial charge in [0.15, 0.2) is 0 Å². The molecule has 0 N–H and O–H groups in total. The molecule has 0 bridgehead atoms. The SMILES string of the molecule is CC(C)(C)OC(=O)N1C(=O)Cc2cc(Br)ccc21. The van der Waals surface area contributed by atoms with Gasteiger partial charge in [-0.15, -0.1) is 0 Å². The summed E-state index contributed by atoms with van der Waals surface area (Å²) in [7, 11) is 0. The highest BCUT2D eigenvalue weighted by molar-refractivity contribution is 9.10. The number of fused-ring (bicyclic) bond motifs is 1. The molecule has 2 rings (SSSR count). The molecule has 1 aromatic carbocycles. The van der Waals surface area contributed by atoms with E-state index in [2.05, 4.69) is 15.9 Å². The number of carbonyl (C=O) groups excluding carboxylic acids is 2. The van der Waals surface area contributed by atoms with Crippen molar-refractivity contribution in [2.45, 2.75) is 32.8 Å². The first-order valence-electron chi connectivity index (χ1n) is 5.62. The normalized spacial score (nSPS) is 14.7. The van der Waals surface area contributed by atoms with Crippen LogP contribution in [0, 0.1) is 0 Å². The number of anilines is 1. The number of ether oxygens (including phenoxy) is 1. The fourth-order valence-electron chi connectivity index (χ4n) is 1.80. The minimum Gasteiger partial charge on any atom is -0.443 e. The van der Waals surface area contributed by atoms with Crippen LogP contribution >= 0.6 is 15.9 Å². The highest BCUT2D eigenvalue weighted by atomic mass is 79.9. The molecule has 0 saturated heterocycles. The summed E-state index contributed by atoms with van der Waals surface area (Å²) in [5.41, 5.74) is 0.827. The third-order valence-corrected chi connectivity index (χ3v) is 2.94. The van der Waals surface area contributed by atoms with E-state index in [1.54, 1.807) is 32.9 Å². The Kier molecular flexibility index (Phi) is 3.19. The molecular formula is C13H14BrNO3. The van der Waals surface area contributed by atoms with Crippen LogP contribution in [0.15, 0.2) is 22.7 Å². The van der Waals surface area contributed by atoms with Gasteiger partial charge in [-0.25, -0.2) is 9.69 Å². The van der Waals surface area contributed by atoms with Gasteiger partial charge in [0.05, 0.1) is 12.1 Å². The molecule has 0 spiro atoms. The van der Waals surface area contributed by atoms with Gasteiger partial charge in [0.25, 0.3) is 0 Å². The van der Waals surface area contributed by atoms with Gasteiger partial charge in [0.2, 0.25) is 5.91 Å². The number of rotatable bonds is 0. The first-order valence-corrected chi connectivity index (χ1v) is 6.41. The van der Waals surface area contributed by atoms with E-state index in [1.165, 1.54) is 0 Å². The van der Waals surface area contributed by atoms with Crippen LogP contribution in [0.3, 0.4) is 0 Å². The highest BCUT2D eigenvalue weighted by Crippen LogP contribution is 2.32. The van der Waals surface area contributed by atoms with E-state index in [0.717, 1.165) is 14.9 Å². The average molecular weight is 312 g/mol. The number of hydrogen-bond donors (Lipinski definition) is 0. The number of halogens is 1. The Morgan fingerprint density at radius 1 is 1.39 bits per heavy atom. The van der Waals surface area contributed by atoms with E-state index >= 15 is 0 Å². The van der Waals surface area contributed by atoms with Gasteiger partial charge < -0.3 is 4.74 Å². The Bertz CT molecular complexity index is 519. The lowest BCUT2D eigenvalue weighted by atomic mass is 10.2. The monoisotopic (exact) mass is 311 g/mol. The maximum atomic E-state index is 12.0. The molecule has 0 aliphatic carbocycles. The fourth-order valence-corrected chi connectivity index (χ4v) is 2.21. The van der Waals surface area contributed by atoms with Crippen molar-refractivity contribution in [1.29, 1.82) is 0 Å². The Labute approximate surface area is 114 Å². The van der Waals surface area contributed by atoms with Crippen molar-refractivity contribution in [3.8, 4) is 0 Å². The van der Waals surface area contributed by atoms with Gasteiger partial charge in [-0.1, -0.05) is 15.9 Å². The number of amides is 2. The molecule has 0 atom stereocenters.